The summed E-state index contributed by atoms with van der Waals surface area (Å²) in [5.74, 6) is 0. The van der Waals surface area contributed by atoms with E-state index in [9.17, 15) is 0 Å². The number of hydrogen-bond acceptors (Lipinski definition) is 2. The molecule has 0 aliphatic carbocycles. The second-order valence-electron chi connectivity index (χ2n) is 4.30. The number of rotatable bonds is 3. The molecule has 1 aliphatic rings. The minimum Gasteiger partial charge on any atom is -0.659 e. The molecule has 0 spiro atoms. The van der Waals surface area contributed by atoms with E-state index in [1.54, 1.807) is 0 Å². The van der Waals surface area contributed by atoms with E-state index in [0.717, 1.165) is 6.54 Å². The van der Waals surface area contributed by atoms with Gasteiger partial charge in [0.1, 0.15) is 0 Å². The fourth-order valence-electron chi connectivity index (χ4n) is 1.50. The molecular formula is C13H30KN3. The van der Waals surface area contributed by atoms with E-state index in [-0.39, 0.29) is 51.4 Å². The van der Waals surface area contributed by atoms with Crippen molar-refractivity contribution in [3.8, 4) is 0 Å². The topological polar surface area (TPSA) is 38.2 Å². The summed E-state index contributed by atoms with van der Waals surface area (Å²) in [6.45, 7) is 13.5. The monoisotopic (exact) mass is 267 g/mol. The molecular weight excluding hydrogens is 237 g/mol. The van der Waals surface area contributed by atoms with Crippen LogP contribution >= 0.6 is 0 Å². The Hall–Kier alpha value is 1.26. The molecule has 98 valence electrons. The van der Waals surface area contributed by atoms with Gasteiger partial charge in [-0.25, -0.2) is 0 Å². The number of nitrogens with one attached hydrogen (secondary N) is 2. The van der Waals surface area contributed by atoms with Gasteiger partial charge in [-0.2, -0.15) is 0 Å². The predicted molar refractivity (Wildman–Crippen MR) is 75.2 cm³/mol. The molecule has 1 saturated heterocycles. The number of nitrogens with zero attached hydrogens (tertiary/aromatic N) is 1. The van der Waals surface area contributed by atoms with Crippen LogP contribution in [0.2, 0.25) is 0 Å². The first-order valence-electron chi connectivity index (χ1n) is 6.11. The average molecular weight is 268 g/mol. The molecule has 0 aromatic rings. The van der Waals surface area contributed by atoms with E-state index in [4.69, 9.17) is 0 Å². The van der Waals surface area contributed by atoms with Crippen LogP contribution < -0.4 is 62.0 Å². The molecule has 1 heterocycles. The minimum absolute atomic E-state index is 0. The van der Waals surface area contributed by atoms with Gasteiger partial charge in [0.25, 0.3) is 0 Å². The molecule has 1 fully saturated rings. The summed E-state index contributed by atoms with van der Waals surface area (Å²) < 4.78 is 0. The zero-order valence-corrected chi connectivity index (χ0v) is 15.8. The Kier molecular flexibility index (Phi) is 23.7. The Labute approximate surface area is 151 Å². The van der Waals surface area contributed by atoms with Crippen LogP contribution in [0.1, 0.15) is 33.6 Å². The zero-order chi connectivity index (χ0) is 13.0. The number of hydrogen-bond donors (Lipinski definition) is 2. The van der Waals surface area contributed by atoms with Crippen molar-refractivity contribution in [1.29, 1.82) is 0 Å². The summed E-state index contributed by atoms with van der Waals surface area (Å²) in [4.78, 5) is 0. The first-order valence-corrected chi connectivity index (χ1v) is 6.11. The molecule has 0 aromatic heterocycles. The van der Waals surface area contributed by atoms with Gasteiger partial charge in [-0.05, 0) is 39.9 Å². The van der Waals surface area contributed by atoms with Crippen LogP contribution in [-0.2, 0) is 0 Å². The smallest absolute Gasteiger partial charge is 0.659 e. The second-order valence-corrected chi connectivity index (χ2v) is 4.30. The van der Waals surface area contributed by atoms with Crippen molar-refractivity contribution in [3.05, 3.63) is 18.5 Å². The van der Waals surface area contributed by atoms with Gasteiger partial charge in [-0.3, -0.25) is 0 Å². The maximum atomic E-state index is 4.48. The molecule has 2 N–H and O–H groups in total. The Morgan fingerprint density at radius 2 is 1.76 bits per heavy atom. The van der Waals surface area contributed by atoms with Gasteiger partial charge in [0.2, 0.25) is 0 Å². The molecule has 0 saturated carbocycles. The molecule has 0 aromatic carbocycles. The van der Waals surface area contributed by atoms with E-state index in [1.807, 2.05) is 14.1 Å². The third kappa shape index (κ3) is 17.3. The fourth-order valence-corrected chi connectivity index (χ4v) is 1.50. The molecule has 4 heteroatoms. The maximum absolute atomic E-state index is 4.48. The molecule has 1 aliphatic heterocycles. The van der Waals surface area contributed by atoms with Crippen molar-refractivity contribution in [1.82, 2.24) is 10.6 Å². The third-order valence-corrected chi connectivity index (χ3v) is 2.16. The summed E-state index contributed by atoms with van der Waals surface area (Å²) in [6, 6.07) is 1.86. The van der Waals surface area contributed by atoms with Crippen molar-refractivity contribution < 1.29 is 51.4 Å². The molecule has 2 atom stereocenters. The summed E-state index contributed by atoms with van der Waals surface area (Å²) in [7, 11) is 3.75. The van der Waals surface area contributed by atoms with Gasteiger partial charge >= 0.3 is 51.4 Å². The minimum atomic E-state index is 0. The fraction of sp³-hybridized carbons (Fsp3) is 0.846. The summed E-state index contributed by atoms with van der Waals surface area (Å²) in [5, 5.41) is 10.7. The van der Waals surface area contributed by atoms with Crippen LogP contribution in [0.3, 0.4) is 0 Å². The van der Waals surface area contributed by atoms with Crippen molar-refractivity contribution in [3.63, 3.8) is 0 Å². The first kappa shape index (κ1) is 23.4. The SMILES string of the molecule is C=C.CC(C)[N-]CC1CCC(C)N1.CNC.[K+]. The third-order valence-electron chi connectivity index (χ3n) is 2.16. The van der Waals surface area contributed by atoms with E-state index in [1.165, 1.54) is 12.8 Å². The molecule has 3 nitrogen and oxygen atoms in total. The van der Waals surface area contributed by atoms with Gasteiger partial charge in [-0.1, -0.05) is 13.8 Å². The van der Waals surface area contributed by atoms with Gasteiger partial charge in [0.15, 0.2) is 0 Å². The van der Waals surface area contributed by atoms with E-state index in [0.29, 0.717) is 18.1 Å². The first-order chi connectivity index (χ1) is 7.60. The van der Waals surface area contributed by atoms with E-state index < -0.39 is 0 Å². The van der Waals surface area contributed by atoms with Gasteiger partial charge in [0, 0.05) is 6.04 Å². The van der Waals surface area contributed by atoms with Crippen LogP contribution in [-0.4, -0.2) is 38.8 Å². The standard InChI is InChI=1S/C9H19N2.C2H7N.C2H4.K/c1-7(2)10-6-9-5-4-8(3)11-9;1-3-2;1-2;/h7-9,11H,4-6H2,1-3H3;3H,1-2H3;1-2H2;/q-1;;;+1. The van der Waals surface area contributed by atoms with Crippen molar-refractivity contribution >= 4 is 0 Å². The maximum Gasteiger partial charge on any atom is 1.00 e. The van der Waals surface area contributed by atoms with Crippen LogP contribution in [0.4, 0.5) is 0 Å². The van der Waals surface area contributed by atoms with Gasteiger partial charge in [0.05, 0.1) is 0 Å². The van der Waals surface area contributed by atoms with Crippen LogP contribution in [0.5, 0.6) is 0 Å². The average Bonchev–Trinajstić information content (AvgIpc) is 2.66. The quantitative estimate of drug-likeness (QED) is 0.537. The molecule has 0 bridgehead atoms. The predicted octanol–water partition coefficient (Wildman–Crippen LogP) is -0.449. The molecule has 2 unspecified atom stereocenters. The second kappa shape index (κ2) is 17.3. The summed E-state index contributed by atoms with van der Waals surface area (Å²) in [6.07, 6.45) is 2.62. The normalized spacial score (nSPS) is 21.8. The Morgan fingerprint density at radius 3 is 2.06 bits per heavy atom. The van der Waals surface area contributed by atoms with Crippen LogP contribution in [0, 0.1) is 0 Å². The summed E-state index contributed by atoms with van der Waals surface area (Å²) >= 11 is 0. The summed E-state index contributed by atoms with van der Waals surface area (Å²) in [5.41, 5.74) is 0. The van der Waals surface area contributed by atoms with E-state index >= 15 is 0 Å². The van der Waals surface area contributed by atoms with Crippen LogP contribution in [0.25, 0.3) is 5.32 Å². The van der Waals surface area contributed by atoms with Gasteiger partial charge in [-0.15, -0.1) is 25.7 Å². The molecule has 17 heavy (non-hydrogen) atoms. The van der Waals surface area contributed by atoms with Crippen molar-refractivity contribution in [2.24, 2.45) is 0 Å². The molecule has 1 rings (SSSR count). The Bertz CT molecular complexity index is 143. The largest absolute Gasteiger partial charge is 1.00 e. The van der Waals surface area contributed by atoms with E-state index in [2.05, 4.69) is 49.9 Å². The van der Waals surface area contributed by atoms with Crippen molar-refractivity contribution in [2.75, 3.05) is 20.6 Å². The molecule has 0 radical (unpaired) electrons. The zero-order valence-electron chi connectivity index (χ0n) is 12.7. The van der Waals surface area contributed by atoms with Gasteiger partial charge < -0.3 is 16.0 Å². The van der Waals surface area contributed by atoms with Crippen molar-refractivity contribution in [2.45, 2.75) is 51.7 Å². The van der Waals surface area contributed by atoms with Crippen LogP contribution in [0.15, 0.2) is 13.2 Å². The molecule has 0 amide bonds. The Balaban J connectivity index is -0.000000286. The Morgan fingerprint density at radius 1 is 1.29 bits per heavy atom.